The van der Waals surface area contributed by atoms with Crippen LogP contribution in [0.2, 0.25) is 0 Å². The molecule has 0 aromatic rings. The summed E-state index contributed by atoms with van der Waals surface area (Å²) in [4.78, 5) is 2.90. The summed E-state index contributed by atoms with van der Waals surface area (Å²) in [6.07, 6.45) is 13.1. The van der Waals surface area contributed by atoms with Gasteiger partial charge >= 0.3 is 0 Å². The highest BCUT2D eigenvalue weighted by molar-refractivity contribution is 4.88. The first kappa shape index (κ1) is 11.4. The largest absolute Gasteiger partial charge is 0.295 e. The van der Waals surface area contributed by atoms with Crippen LogP contribution < -0.4 is 0 Å². The van der Waals surface area contributed by atoms with Crippen molar-refractivity contribution in [3.63, 3.8) is 0 Å². The summed E-state index contributed by atoms with van der Waals surface area (Å²) in [6.45, 7) is 4.79. The van der Waals surface area contributed by atoms with Crippen molar-refractivity contribution < 1.29 is 0 Å². The van der Waals surface area contributed by atoms with Crippen molar-refractivity contribution in [1.82, 2.24) is 4.90 Å². The summed E-state index contributed by atoms with van der Waals surface area (Å²) in [7, 11) is 0. The quantitative estimate of drug-likeness (QED) is 0.677. The highest BCUT2D eigenvalue weighted by Gasteiger charge is 2.32. The topological polar surface area (TPSA) is 3.24 Å². The molecule has 0 aromatic carbocycles. The Hall–Kier alpha value is -0.0400. The molecule has 0 aliphatic heterocycles. The first-order valence-corrected chi connectivity index (χ1v) is 7.10. The van der Waals surface area contributed by atoms with E-state index in [1.165, 1.54) is 57.8 Å². The molecule has 0 N–H and O–H groups in total. The second-order valence-electron chi connectivity index (χ2n) is 5.58. The van der Waals surface area contributed by atoms with Gasteiger partial charge in [0, 0.05) is 18.1 Å². The molecule has 15 heavy (non-hydrogen) atoms. The minimum atomic E-state index is 0.816. The third kappa shape index (κ3) is 2.55. The van der Waals surface area contributed by atoms with Gasteiger partial charge in [0.1, 0.15) is 0 Å². The zero-order valence-corrected chi connectivity index (χ0v) is 10.5. The zero-order chi connectivity index (χ0) is 10.7. The van der Waals surface area contributed by atoms with Gasteiger partial charge in [0.15, 0.2) is 0 Å². The van der Waals surface area contributed by atoms with Gasteiger partial charge in [-0.1, -0.05) is 32.6 Å². The molecule has 0 saturated heterocycles. The van der Waals surface area contributed by atoms with Gasteiger partial charge in [-0.25, -0.2) is 0 Å². The second kappa shape index (κ2) is 5.34. The van der Waals surface area contributed by atoms with Crippen LogP contribution in [0.3, 0.4) is 0 Å². The van der Waals surface area contributed by atoms with E-state index in [1.54, 1.807) is 0 Å². The van der Waals surface area contributed by atoms with E-state index in [2.05, 4.69) is 18.7 Å². The smallest absolute Gasteiger partial charge is 0.0101 e. The Bertz CT molecular complexity index is 162. The van der Waals surface area contributed by atoms with Gasteiger partial charge in [-0.15, -0.1) is 0 Å². The predicted molar refractivity (Wildman–Crippen MR) is 66.1 cm³/mol. The summed E-state index contributed by atoms with van der Waals surface area (Å²) in [5.74, 6) is 0. The van der Waals surface area contributed by atoms with E-state index < -0.39 is 0 Å². The number of hydrogen-bond donors (Lipinski definition) is 0. The van der Waals surface area contributed by atoms with Gasteiger partial charge in [-0.05, 0) is 39.0 Å². The molecule has 2 rings (SSSR count). The maximum Gasteiger partial charge on any atom is 0.0101 e. The van der Waals surface area contributed by atoms with Crippen molar-refractivity contribution in [2.75, 3.05) is 0 Å². The van der Waals surface area contributed by atoms with Crippen LogP contribution in [0.4, 0.5) is 0 Å². The van der Waals surface area contributed by atoms with Crippen molar-refractivity contribution in [2.24, 2.45) is 0 Å². The van der Waals surface area contributed by atoms with Gasteiger partial charge in [0.05, 0.1) is 0 Å². The normalized spacial score (nSPS) is 26.6. The van der Waals surface area contributed by atoms with E-state index in [-0.39, 0.29) is 0 Å². The first-order chi connectivity index (χ1) is 7.33. The fourth-order valence-electron chi connectivity index (χ4n) is 3.63. The lowest BCUT2D eigenvalue weighted by Crippen LogP contribution is -2.46. The maximum atomic E-state index is 2.90. The van der Waals surface area contributed by atoms with Crippen LogP contribution in [0.1, 0.15) is 71.6 Å². The van der Waals surface area contributed by atoms with Crippen molar-refractivity contribution in [3.05, 3.63) is 0 Å². The average Bonchev–Trinajstić information content (AvgIpc) is 2.90. The van der Waals surface area contributed by atoms with Crippen LogP contribution in [0.5, 0.6) is 0 Å². The van der Waals surface area contributed by atoms with Crippen LogP contribution >= 0.6 is 0 Å². The highest BCUT2D eigenvalue weighted by Crippen LogP contribution is 2.33. The summed E-state index contributed by atoms with van der Waals surface area (Å²) in [5.41, 5.74) is 0. The molecule has 0 bridgehead atoms. The third-order valence-corrected chi connectivity index (χ3v) is 4.59. The first-order valence-electron chi connectivity index (χ1n) is 7.10. The van der Waals surface area contributed by atoms with Crippen LogP contribution in [0, 0.1) is 0 Å². The predicted octanol–water partition coefficient (Wildman–Crippen LogP) is 3.97. The molecular weight excluding hydrogens is 182 g/mol. The SMILES string of the molecule is CCC(C)N(C1CCCC1)C1CCCC1. The van der Waals surface area contributed by atoms with E-state index in [4.69, 9.17) is 0 Å². The van der Waals surface area contributed by atoms with Crippen LogP contribution in [0.15, 0.2) is 0 Å². The Morgan fingerprint density at radius 3 is 1.67 bits per heavy atom. The molecule has 2 fully saturated rings. The van der Waals surface area contributed by atoms with E-state index in [0.29, 0.717) is 0 Å². The summed E-state index contributed by atoms with van der Waals surface area (Å²) in [5, 5.41) is 0. The number of nitrogens with zero attached hydrogens (tertiary/aromatic N) is 1. The molecule has 0 radical (unpaired) electrons. The lowest BCUT2D eigenvalue weighted by atomic mass is 10.0. The minimum absolute atomic E-state index is 0.816. The van der Waals surface area contributed by atoms with Crippen molar-refractivity contribution >= 4 is 0 Å². The van der Waals surface area contributed by atoms with Crippen molar-refractivity contribution in [1.29, 1.82) is 0 Å². The number of rotatable bonds is 4. The van der Waals surface area contributed by atoms with Crippen molar-refractivity contribution in [2.45, 2.75) is 89.8 Å². The minimum Gasteiger partial charge on any atom is -0.295 e. The standard InChI is InChI=1S/C14H27N/c1-3-12(2)15(13-8-4-5-9-13)14-10-6-7-11-14/h12-14H,3-11H2,1-2H3. The monoisotopic (exact) mass is 209 g/mol. The summed E-state index contributed by atoms with van der Waals surface area (Å²) >= 11 is 0. The van der Waals surface area contributed by atoms with Crippen LogP contribution in [-0.2, 0) is 0 Å². The Labute approximate surface area is 95.2 Å². The van der Waals surface area contributed by atoms with E-state index in [1.807, 2.05) is 0 Å². The highest BCUT2D eigenvalue weighted by atomic mass is 15.2. The Morgan fingerprint density at radius 1 is 0.933 bits per heavy atom. The molecule has 1 atom stereocenters. The molecule has 0 spiro atoms. The van der Waals surface area contributed by atoms with Gasteiger partial charge in [0.2, 0.25) is 0 Å². The van der Waals surface area contributed by atoms with E-state index in [9.17, 15) is 0 Å². The van der Waals surface area contributed by atoms with Crippen LogP contribution in [0.25, 0.3) is 0 Å². The Balaban J connectivity index is 2.00. The number of hydrogen-bond acceptors (Lipinski definition) is 1. The second-order valence-corrected chi connectivity index (χ2v) is 5.58. The summed E-state index contributed by atoms with van der Waals surface area (Å²) < 4.78 is 0. The van der Waals surface area contributed by atoms with E-state index in [0.717, 1.165) is 18.1 Å². The molecule has 1 unspecified atom stereocenters. The van der Waals surface area contributed by atoms with Gasteiger partial charge in [-0.3, -0.25) is 4.90 Å². The summed E-state index contributed by atoms with van der Waals surface area (Å²) in [6, 6.07) is 2.68. The zero-order valence-electron chi connectivity index (χ0n) is 10.5. The molecule has 2 aliphatic rings. The molecule has 1 nitrogen and oxygen atoms in total. The Kier molecular flexibility index (Phi) is 4.07. The molecule has 0 aromatic heterocycles. The lowest BCUT2D eigenvalue weighted by Gasteiger charge is -2.39. The fourth-order valence-corrected chi connectivity index (χ4v) is 3.63. The molecule has 88 valence electrons. The molecular formula is C14H27N. The van der Waals surface area contributed by atoms with Crippen LogP contribution in [-0.4, -0.2) is 23.0 Å². The fraction of sp³-hybridized carbons (Fsp3) is 1.00. The lowest BCUT2D eigenvalue weighted by molar-refractivity contribution is 0.0880. The van der Waals surface area contributed by atoms with Gasteiger partial charge < -0.3 is 0 Å². The van der Waals surface area contributed by atoms with Gasteiger partial charge in [-0.2, -0.15) is 0 Å². The molecule has 1 heteroatoms. The Morgan fingerprint density at radius 2 is 1.33 bits per heavy atom. The van der Waals surface area contributed by atoms with Gasteiger partial charge in [0.25, 0.3) is 0 Å². The molecule has 2 aliphatic carbocycles. The molecule has 2 saturated carbocycles. The molecule has 0 amide bonds. The maximum absolute atomic E-state index is 2.90. The van der Waals surface area contributed by atoms with Crippen molar-refractivity contribution in [3.8, 4) is 0 Å². The molecule has 0 heterocycles. The third-order valence-electron chi connectivity index (χ3n) is 4.59. The van der Waals surface area contributed by atoms with E-state index >= 15 is 0 Å². The average molecular weight is 209 g/mol.